The summed E-state index contributed by atoms with van der Waals surface area (Å²) in [7, 11) is 0. The van der Waals surface area contributed by atoms with E-state index in [4.69, 9.17) is 0 Å². The molecule has 0 saturated carbocycles. The standard InChI is InChI=1S/C15H32/c1-8-9-12(4)13(5)10-14(6)15(7)11(2)3/h11-15H,8-10H2,1-7H3. The van der Waals surface area contributed by atoms with Gasteiger partial charge >= 0.3 is 0 Å². The van der Waals surface area contributed by atoms with Gasteiger partial charge in [-0.1, -0.05) is 61.3 Å². The van der Waals surface area contributed by atoms with Gasteiger partial charge in [0.25, 0.3) is 0 Å². The van der Waals surface area contributed by atoms with Gasteiger partial charge in [-0.05, 0) is 36.0 Å². The number of hydrogen-bond acceptors (Lipinski definition) is 0. The summed E-state index contributed by atoms with van der Waals surface area (Å²) in [6.45, 7) is 16.7. The first-order chi connectivity index (χ1) is 6.90. The molecule has 15 heavy (non-hydrogen) atoms. The van der Waals surface area contributed by atoms with Gasteiger partial charge in [0.15, 0.2) is 0 Å². The van der Waals surface area contributed by atoms with E-state index in [1.807, 2.05) is 0 Å². The topological polar surface area (TPSA) is 0 Å². The van der Waals surface area contributed by atoms with Gasteiger partial charge in [0.1, 0.15) is 0 Å². The molecule has 0 aromatic carbocycles. The molecule has 0 rings (SSSR count). The van der Waals surface area contributed by atoms with E-state index in [2.05, 4.69) is 48.5 Å². The van der Waals surface area contributed by atoms with Gasteiger partial charge in [-0.2, -0.15) is 0 Å². The first-order valence-electron chi connectivity index (χ1n) is 6.90. The molecule has 0 radical (unpaired) electrons. The van der Waals surface area contributed by atoms with Crippen molar-refractivity contribution in [2.24, 2.45) is 29.6 Å². The number of rotatable bonds is 7. The molecule has 92 valence electrons. The molecule has 4 unspecified atom stereocenters. The van der Waals surface area contributed by atoms with Crippen LogP contribution in [0.4, 0.5) is 0 Å². The predicted octanol–water partition coefficient (Wildman–Crippen LogP) is 5.38. The normalized spacial score (nSPS) is 20.0. The maximum Gasteiger partial charge on any atom is -0.0394 e. The first-order valence-corrected chi connectivity index (χ1v) is 6.90. The van der Waals surface area contributed by atoms with Crippen LogP contribution in [0.1, 0.15) is 67.7 Å². The minimum atomic E-state index is 0.827. The molecule has 0 N–H and O–H groups in total. The average Bonchev–Trinajstić information content (AvgIpc) is 2.16. The Labute approximate surface area is 97.8 Å². The van der Waals surface area contributed by atoms with Gasteiger partial charge in [-0.3, -0.25) is 0 Å². The molecule has 0 nitrogen and oxygen atoms in total. The zero-order chi connectivity index (χ0) is 12.0. The van der Waals surface area contributed by atoms with Gasteiger partial charge in [0.05, 0.1) is 0 Å². The fraction of sp³-hybridized carbons (Fsp3) is 1.00. The van der Waals surface area contributed by atoms with Gasteiger partial charge < -0.3 is 0 Å². The number of hydrogen-bond donors (Lipinski definition) is 0. The van der Waals surface area contributed by atoms with Crippen LogP contribution in [0, 0.1) is 29.6 Å². The SMILES string of the molecule is CCCC(C)C(C)CC(C)C(C)C(C)C. The van der Waals surface area contributed by atoms with Crippen molar-refractivity contribution in [1.29, 1.82) is 0 Å². The molecule has 0 saturated heterocycles. The van der Waals surface area contributed by atoms with Crippen LogP contribution in [-0.2, 0) is 0 Å². The highest BCUT2D eigenvalue weighted by Gasteiger charge is 2.20. The summed E-state index contributed by atoms with van der Waals surface area (Å²) < 4.78 is 0. The van der Waals surface area contributed by atoms with E-state index in [0.29, 0.717) is 0 Å². The highest BCUT2D eigenvalue weighted by molar-refractivity contribution is 4.70. The van der Waals surface area contributed by atoms with E-state index >= 15 is 0 Å². The molecule has 0 aromatic rings. The minimum absolute atomic E-state index is 0.827. The van der Waals surface area contributed by atoms with Gasteiger partial charge in [-0.15, -0.1) is 0 Å². The van der Waals surface area contributed by atoms with Crippen molar-refractivity contribution in [3.63, 3.8) is 0 Å². The molecule has 0 fully saturated rings. The monoisotopic (exact) mass is 212 g/mol. The average molecular weight is 212 g/mol. The van der Waals surface area contributed by atoms with Crippen LogP contribution in [0.15, 0.2) is 0 Å². The fourth-order valence-corrected chi connectivity index (χ4v) is 2.43. The summed E-state index contributed by atoms with van der Waals surface area (Å²) in [5.74, 6) is 4.35. The highest BCUT2D eigenvalue weighted by atomic mass is 14.3. The second-order valence-corrected chi connectivity index (χ2v) is 6.06. The Bertz CT molecular complexity index is 148. The molecular weight excluding hydrogens is 180 g/mol. The Kier molecular flexibility index (Phi) is 7.30. The van der Waals surface area contributed by atoms with Crippen LogP contribution in [0.5, 0.6) is 0 Å². The zero-order valence-electron chi connectivity index (χ0n) is 12.0. The maximum atomic E-state index is 2.43. The molecule has 0 aliphatic rings. The van der Waals surface area contributed by atoms with Crippen molar-refractivity contribution in [1.82, 2.24) is 0 Å². The van der Waals surface area contributed by atoms with Crippen LogP contribution in [0.25, 0.3) is 0 Å². The second kappa shape index (κ2) is 7.30. The largest absolute Gasteiger partial charge is 0.0654 e. The Morgan fingerprint density at radius 2 is 1.27 bits per heavy atom. The lowest BCUT2D eigenvalue weighted by molar-refractivity contribution is 0.218. The molecule has 0 aliphatic heterocycles. The Morgan fingerprint density at radius 1 is 0.733 bits per heavy atom. The van der Waals surface area contributed by atoms with E-state index in [1.54, 1.807) is 0 Å². The van der Waals surface area contributed by atoms with Crippen molar-refractivity contribution < 1.29 is 0 Å². The van der Waals surface area contributed by atoms with Crippen molar-refractivity contribution in [3.05, 3.63) is 0 Å². The van der Waals surface area contributed by atoms with Crippen LogP contribution >= 0.6 is 0 Å². The lowest BCUT2D eigenvalue weighted by Crippen LogP contribution is -2.19. The summed E-state index contributed by atoms with van der Waals surface area (Å²) in [4.78, 5) is 0. The van der Waals surface area contributed by atoms with Crippen LogP contribution in [0.3, 0.4) is 0 Å². The van der Waals surface area contributed by atoms with E-state index in [-0.39, 0.29) is 0 Å². The molecule has 0 heteroatoms. The molecule has 0 spiro atoms. The third-order valence-electron chi connectivity index (χ3n) is 4.41. The molecule has 0 heterocycles. The van der Waals surface area contributed by atoms with Crippen LogP contribution in [-0.4, -0.2) is 0 Å². The van der Waals surface area contributed by atoms with Gasteiger partial charge in [0, 0.05) is 0 Å². The molecule has 0 aliphatic carbocycles. The molecular formula is C15H32. The molecule has 4 atom stereocenters. The van der Waals surface area contributed by atoms with E-state index in [1.165, 1.54) is 19.3 Å². The Hall–Kier alpha value is 0. The quantitative estimate of drug-likeness (QED) is 0.531. The van der Waals surface area contributed by atoms with Crippen LogP contribution < -0.4 is 0 Å². The van der Waals surface area contributed by atoms with E-state index in [0.717, 1.165) is 29.6 Å². The lowest BCUT2D eigenvalue weighted by Gasteiger charge is -2.28. The van der Waals surface area contributed by atoms with Crippen molar-refractivity contribution >= 4 is 0 Å². The smallest absolute Gasteiger partial charge is 0.0394 e. The highest BCUT2D eigenvalue weighted by Crippen LogP contribution is 2.30. The lowest BCUT2D eigenvalue weighted by atomic mass is 9.77. The summed E-state index contributed by atoms with van der Waals surface area (Å²) in [5, 5.41) is 0. The zero-order valence-corrected chi connectivity index (χ0v) is 12.0. The Balaban J connectivity index is 3.99. The second-order valence-electron chi connectivity index (χ2n) is 6.06. The Morgan fingerprint density at radius 3 is 1.67 bits per heavy atom. The van der Waals surface area contributed by atoms with E-state index in [9.17, 15) is 0 Å². The summed E-state index contributed by atoms with van der Waals surface area (Å²) in [5.41, 5.74) is 0. The predicted molar refractivity (Wildman–Crippen MR) is 71.0 cm³/mol. The van der Waals surface area contributed by atoms with E-state index < -0.39 is 0 Å². The maximum absolute atomic E-state index is 2.43. The molecule has 0 aromatic heterocycles. The molecule has 0 amide bonds. The van der Waals surface area contributed by atoms with Crippen molar-refractivity contribution in [3.8, 4) is 0 Å². The van der Waals surface area contributed by atoms with Gasteiger partial charge in [0.2, 0.25) is 0 Å². The van der Waals surface area contributed by atoms with Gasteiger partial charge in [-0.25, -0.2) is 0 Å². The summed E-state index contributed by atoms with van der Waals surface area (Å²) in [6.07, 6.45) is 4.13. The van der Waals surface area contributed by atoms with Crippen molar-refractivity contribution in [2.75, 3.05) is 0 Å². The molecule has 0 bridgehead atoms. The fourth-order valence-electron chi connectivity index (χ4n) is 2.43. The summed E-state index contributed by atoms with van der Waals surface area (Å²) in [6, 6.07) is 0. The van der Waals surface area contributed by atoms with Crippen molar-refractivity contribution in [2.45, 2.75) is 67.7 Å². The van der Waals surface area contributed by atoms with Crippen LogP contribution in [0.2, 0.25) is 0 Å². The summed E-state index contributed by atoms with van der Waals surface area (Å²) >= 11 is 0. The third-order valence-corrected chi connectivity index (χ3v) is 4.41. The minimum Gasteiger partial charge on any atom is -0.0654 e. The first kappa shape index (κ1) is 15.0. The third kappa shape index (κ3) is 5.58.